The first-order valence-corrected chi connectivity index (χ1v) is 43.1. The van der Waals surface area contributed by atoms with Gasteiger partial charge >= 0.3 is 0 Å². The van der Waals surface area contributed by atoms with E-state index in [1.807, 2.05) is 115 Å². The average Bonchev–Trinajstić information content (AvgIpc) is 1.22. The van der Waals surface area contributed by atoms with E-state index in [1.165, 1.54) is 117 Å². The van der Waals surface area contributed by atoms with Crippen LogP contribution in [0.2, 0.25) is 10.0 Å². The number of halogens is 5. The Hall–Kier alpha value is -8.31. The Morgan fingerprint density at radius 1 is 0.333 bits per heavy atom. The highest BCUT2D eigenvalue weighted by molar-refractivity contribution is 9.10. The summed E-state index contributed by atoms with van der Waals surface area (Å²) in [4.78, 5) is 54.0. The van der Waals surface area contributed by atoms with Gasteiger partial charge in [0.05, 0.1) is 18.0 Å². The second kappa shape index (κ2) is 34.6. The number of hydrogen-bond acceptors (Lipinski definition) is 22. The van der Waals surface area contributed by atoms with Crippen LogP contribution in [0, 0.1) is 49.5 Å². The van der Waals surface area contributed by atoms with Crippen LogP contribution in [0.3, 0.4) is 0 Å². The summed E-state index contributed by atoms with van der Waals surface area (Å²) in [6.45, 7) is 11.8. The molecule has 22 nitrogen and oxygen atoms in total. The van der Waals surface area contributed by atoms with Crippen LogP contribution in [0.5, 0.6) is 0 Å². The second-order valence-electron chi connectivity index (χ2n) is 26.4. The molecule has 7 N–H and O–H groups in total. The molecule has 34 heteroatoms. The van der Waals surface area contributed by atoms with Gasteiger partial charge in [0.2, 0.25) is 0 Å². The summed E-state index contributed by atoms with van der Waals surface area (Å²) in [5, 5.41) is 60.8. The maximum Gasteiger partial charge on any atom is 0.167 e. The smallest absolute Gasteiger partial charge is 0.167 e. The Labute approximate surface area is 689 Å². The van der Waals surface area contributed by atoms with Gasteiger partial charge in [-0.3, -0.25) is 72.8 Å². The molecule has 14 aliphatic heterocycles. The van der Waals surface area contributed by atoms with Crippen LogP contribution in [0.15, 0.2) is 207 Å². The van der Waals surface area contributed by atoms with Crippen LogP contribution in [-0.4, -0.2) is 217 Å². The maximum absolute atomic E-state index is 13.6. The molecule has 0 aromatic heterocycles. The fourth-order valence-corrected chi connectivity index (χ4v) is 21.0. The number of aliphatic imine (C=N–C) groups is 7. The molecule has 0 atom stereocenters. The van der Waals surface area contributed by atoms with Gasteiger partial charge < -0.3 is 39.2 Å². The molecular weight excluding hydrogens is 1650 g/mol. The number of benzene rings is 7. The summed E-state index contributed by atoms with van der Waals surface area (Å²) < 4.78 is 27.8. The molecule has 111 heavy (non-hydrogen) atoms. The lowest BCUT2D eigenvalue weighted by atomic mass is 10.1. The number of anilines is 1. The minimum Gasteiger partial charge on any atom is -0.378 e. The van der Waals surface area contributed by atoms with E-state index in [0.717, 1.165) is 236 Å². The predicted octanol–water partition coefficient (Wildman–Crippen LogP) is 16.9. The number of rotatable bonds is 1. The molecule has 0 amide bonds. The lowest BCUT2D eigenvalue weighted by Crippen LogP contribution is -2.42. The molecule has 7 aromatic rings. The summed E-state index contributed by atoms with van der Waals surface area (Å²) in [5.74, 6) is 5.79. The van der Waals surface area contributed by atoms with Crippen LogP contribution in [-0.2, 0) is 0 Å². The second-order valence-corrected chi connectivity index (χ2v) is 35.3. The highest BCUT2D eigenvalue weighted by atomic mass is 79.9. The quantitative estimate of drug-likeness (QED) is 0.0805. The van der Waals surface area contributed by atoms with E-state index in [0.29, 0.717) is 41.1 Å². The van der Waals surface area contributed by atoms with Crippen LogP contribution >= 0.6 is 121 Å². The van der Waals surface area contributed by atoms with E-state index in [4.69, 9.17) is 61.1 Å². The van der Waals surface area contributed by atoms with Crippen molar-refractivity contribution in [1.82, 2.24) is 34.3 Å². The third-order valence-electron chi connectivity index (χ3n) is 18.9. The Kier molecular flexibility index (Phi) is 24.3. The van der Waals surface area contributed by atoms with E-state index in [-0.39, 0.29) is 11.6 Å². The summed E-state index contributed by atoms with van der Waals surface area (Å²) in [7, 11) is 4.07. The van der Waals surface area contributed by atoms with Gasteiger partial charge in [-0.05, 0) is 153 Å². The Morgan fingerprint density at radius 3 is 1.14 bits per heavy atom. The monoisotopic (exact) mass is 1720 g/mol. The van der Waals surface area contributed by atoms with Crippen molar-refractivity contribution >= 4 is 204 Å². The molecule has 0 unspecified atom stereocenters. The van der Waals surface area contributed by atoms with Gasteiger partial charge in [-0.15, -0.1) is 0 Å². The number of hydrogen-bond donors (Lipinski definition) is 7. The zero-order valence-corrected chi connectivity index (χ0v) is 68.9. The van der Waals surface area contributed by atoms with Gasteiger partial charge in [0.1, 0.15) is 52.5 Å². The molecule has 0 saturated carbocycles. The van der Waals surface area contributed by atoms with Crippen molar-refractivity contribution in [1.29, 1.82) is 37.9 Å². The molecule has 21 rings (SSSR count). The van der Waals surface area contributed by atoms with Crippen LogP contribution in [0.1, 0.15) is 71.0 Å². The standard InChI is InChI=1S/C13H16N4S.C11H10BrN3S.C11H10ClN3S.2C11H10FN3S.C10H8ClN3S.C10H9N3S/c1-16(2)9-4-5-10-11(8-9)18-13(14)17-7-3-6-15-12(10)17;12-7-2-3-8-9(6-7)16-11(13)15-5-1-4-14-10(8)15;12-7-2-3-9-8(6-7)10-14-4-1-5-15(10)11(13)16-9;12-7-2-3-8-9(6-7)16-11(13)15-5-1-4-14-10(8)15;12-8-4-1-3-7-9(8)16-11(13)15-6-2-5-14-10(7)15;11-6-1-2-8-7(5-6)9-13-3-4-14(9)10(12)15-8;11-10-13-6-5-12-9(13)7-3-1-2-4-8(7)14-10/h4-5,8,14H,3,6-7H2,1-2H3;3*2-3,6,13H,1,4-5H2;1,3-4,13H,2,5-6H2;1-2,5,12H,3-4H2;1-4,11H,5-6H2. The van der Waals surface area contributed by atoms with E-state index in [9.17, 15) is 8.78 Å². The highest BCUT2D eigenvalue weighted by Crippen LogP contribution is 2.42. The van der Waals surface area contributed by atoms with Crippen LogP contribution < -0.4 is 4.90 Å². The number of amidine groups is 14. The summed E-state index contributed by atoms with van der Waals surface area (Å²) >= 11 is 25.4. The van der Waals surface area contributed by atoms with E-state index in [2.05, 4.69) is 92.2 Å². The van der Waals surface area contributed by atoms with Gasteiger partial charge in [0.15, 0.2) is 36.2 Å². The van der Waals surface area contributed by atoms with Gasteiger partial charge in [-0.2, -0.15) is 0 Å². The van der Waals surface area contributed by atoms with Crippen LogP contribution in [0.4, 0.5) is 14.5 Å². The van der Waals surface area contributed by atoms with Crippen molar-refractivity contribution in [2.45, 2.75) is 66.4 Å². The summed E-state index contributed by atoms with van der Waals surface area (Å²) in [6.07, 6.45) is 5.03. The van der Waals surface area contributed by atoms with Crippen molar-refractivity contribution in [3.63, 3.8) is 0 Å². The zero-order chi connectivity index (χ0) is 77.1. The van der Waals surface area contributed by atoms with Crippen molar-refractivity contribution in [2.24, 2.45) is 34.9 Å². The third-order valence-corrected chi connectivity index (χ3v) is 26.8. The molecule has 0 saturated heterocycles. The molecule has 0 spiro atoms. The lowest BCUT2D eigenvalue weighted by Gasteiger charge is -2.34. The van der Waals surface area contributed by atoms with Gasteiger partial charge in [0, 0.05) is 181 Å². The fourth-order valence-electron chi connectivity index (χ4n) is 13.7. The minimum atomic E-state index is -0.264. The van der Waals surface area contributed by atoms with Crippen molar-refractivity contribution < 1.29 is 8.78 Å². The SMILES string of the molecule is CN(C)c1ccc2c(c1)SC(=N)N1CCCN=C21.N=C1Sc2c(F)cccc2C2=NCCCN12.N=C1Sc2cc(Br)ccc2C2=NCCCN12.N=C1Sc2cc(F)ccc2C2=NCCCN12.N=C1Sc2ccc(Cl)cc2C2=NCCCN12.N=C1Sc2ccc(Cl)cc2C2=NCCN12.N=C1Sc2ccccc2C2=NCCN12. The minimum absolute atomic E-state index is 0.260. The average molecular weight is 1720 g/mol. The molecule has 0 fully saturated rings. The van der Waals surface area contributed by atoms with Crippen molar-refractivity contribution in [2.75, 3.05) is 111 Å². The van der Waals surface area contributed by atoms with Crippen molar-refractivity contribution in [3.05, 3.63) is 199 Å². The first kappa shape index (κ1) is 78.0. The first-order valence-electron chi connectivity index (χ1n) is 35.8. The molecule has 0 radical (unpaired) electrons. The highest BCUT2D eigenvalue weighted by Gasteiger charge is 2.37. The fraction of sp³-hybridized carbons (Fsp3) is 0.273. The Bertz CT molecular complexity index is 5130. The third kappa shape index (κ3) is 16.9. The van der Waals surface area contributed by atoms with Gasteiger partial charge in [-0.25, -0.2) is 8.78 Å². The molecule has 568 valence electrons. The Morgan fingerprint density at radius 2 is 0.676 bits per heavy atom. The maximum atomic E-state index is 13.6. The van der Waals surface area contributed by atoms with E-state index < -0.39 is 0 Å². The van der Waals surface area contributed by atoms with Gasteiger partial charge in [0.25, 0.3) is 0 Å². The first-order chi connectivity index (χ1) is 53.8. The van der Waals surface area contributed by atoms with E-state index >= 15 is 0 Å². The topological polar surface area (TPSA) is 279 Å². The number of nitrogens with one attached hydrogen (secondary N) is 7. The summed E-state index contributed by atoms with van der Waals surface area (Å²) in [5.41, 5.74) is 8.55. The largest absolute Gasteiger partial charge is 0.378 e. The molecule has 7 aromatic carbocycles. The van der Waals surface area contributed by atoms with Crippen LogP contribution in [0.25, 0.3) is 0 Å². The number of thioether (sulfide) groups is 7. The normalized spacial score (nSPS) is 18.7. The zero-order valence-electron chi connectivity index (χ0n) is 60.1. The number of nitrogens with zero attached hydrogens (tertiary/aromatic N) is 15. The van der Waals surface area contributed by atoms with Crippen molar-refractivity contribution in [3.8, 4) is 0 Å². The predicted molar refractivity (Wildman–Crippen MR) is 462 cm³/mol. The molecule has 0 aliphatic carbocycles. The summed E-state index contributed by atoms with van der Waals surface area (Å²) in [6, 6.07) is 41.9. The molecule has 0 bridgehead atoms. The lowest BCUT2D eigenvalue weighted by molar-refractivity contribution is 0.546. The molecule has 14 heterocycles. The Balaban J connectivity index is 0.000000103. The molecule has 14 aliphatic rings. The van der Waals surface area contributed by atoms with E-state index in [1.54, 1.807) is 12.1 Å². The molecular formula is C77H73BrCl2F2N22S7. The van der Waals surface area contributed by atoms with Gasteiger partial charge in [-0.1, -0.05) is 134 Å². The number of fused-ring (bicyclic) bond motifs is 21.